The fraction of sp³-hybridized carbons (Fsp3) is 0.929. The van der Waals surface area contributed by atoms with Crippen LogP contribution in [-0.4, -0.2) is 44.0 Å². The molecular formula is C14H30N2O3. The summed E-state index contributed by atoms with van der Waals surface area (Å²) in [5, 5.41) is 6.16. The van der Waals surface area contributed by atoms with Gasteiger partial charge in [-0.15, -0.1) is 0 Å². The molecular weight excluding hydrogens is 244 g/mol. The molecule has 0 aromatic rings. The molecule has 0 aromatic carbocycles. The average molecular weight is 274 g/mol. The molecule has 114 valence electrons. The van der Waals surface area contributed by atoms with Gasteiger partial charge in [-0.2, -0.15) is 0 Å². The molecule has 0 aliphatic carbocycles. The molecule has 0 atom stereocenters. The Morgan fingerprint density at radius 3 is 2.16 bits per heavy atom. The number of carbonyl (C=O) groups is 1. The number of nitrogens with one attached hydrogen (secondary N) is 2. The molecule has 0 bridgehead atoms. The van der Waals surface area contributed by atoms with Gasteiger partial charge in [0.15, 0.2) is 6.29 Å². The zero-order valence-electron chi connectivity index (χ0n) is 13.0. The summed E-state index contributed by atoms with van der Waals surface area (Å²) in [5.41, 5.74) is -0.161. The fourth-order valence-corrected chi connectivity index (χ4v) is 1.61. The quantitative estimate of drug-likeness (QED) is 0.470. The standard InChI is InChI=1S/C14H30N2O3/c1-6-18-13(19-7-2)9-11-15-10-8-12(17)16-14(3,4)5/h13,15H,6-11H2,1-5H3,(H,16,17). The molecule has 5 nitrogen and oxygen atoms in total. The van der Waals surface area contributed by atoms with Gasteiger partial charge in [-0.3, -0.25) is 4.79 Å². The van der Waals surface area contributed by atoms with Crippen molar-refractivity contribution < 1.29 is 14.3 Å². The smallest absolute Gasteiger partial charge is 0.221 e. The Bertz CT molecular complexity index is 233. The topological polar surface area (TPSA) is 59.6 Å². The van der Waals surface area contributed by atoms with Gasteiger partial charge in [-0.25, -0.2) is 0 Å². The minimum absolute atomic E-state index is 0.0752. The summed E-state index contributed by atoms with van der Waals surface area (Å²) >= 11 is 0. The number of ether oxygens (including phenoxy) is 2. The van der Waals surface area contributed by atoms with E-state index in [1.807, 2.05) is 34.6 Å². The van der Waals surface area contributed by atoms with E-state index in [-0.39, 0.29) is 17.7 Å². The van der Waals surface area contributed by atoms with Crippen LogP contribution >= 0.6 is 0 Å². The third-order valence-corrected chi connectivity index (χ3v) is 2.31. The van der Waals surface area contributed by atoms with Crippen molar-refractivity contribution in [3.63, 3.8) is 0 Å². The van der Waals surface area contributed by atoms with Crippen molar-refractivity contribution in [1.29, 1.82) is 0 Å². The van der Waals surface area contributed by atoms with Crippen LogP contribution in [0.2, 0.25) is 0 Å². The van der Waals surface area contributed by atoms with E-state index in [2.05, 4.69) is 10.6 Å². The highest BCUT2D eigenvalue weighted by Crippen LogP contribution is 2.00. The van der Waals surface area contributed by atoms with Crippen molar-refractivity contribution in [3.8, 4) is 0 Å². The van der Waals surface area contributed by atoms with Crippen molar-refractivity contribution >= 4 is 5.91 Å². The first-order valence-electron chi connectivity index (χ1n) is 7.14. The van der Waals surface area contributed by atoms with E-state index in [1.54, 1.807) is 0 Å². The minimum atomic E-state index is -0.161. The van der Waals surface area contributed by atoms with Crippen LogP contribution in [0.5, 0.6) is 0 Å². The second-order valence-electron chi connectivity index (χ2n) is 5.43. The molecule has 0 aromatic heterocycles. The summed E-state index contributed by atoms with van der Waals surface area (Å²) in [4.78, 5) is 11.6. The summed E-state index contributed by atoms with van der Waals surface area (Å²) in [7, 11) is 0. The van der Waals surface area contributed by atoms with Gasteiger partial charge in [0, 0.05) is 38.1 Å². The maximum Gasteiger partial charge on any atom is 0.221 e. The lowest BCUT2D eigenvalue weighted by Crippen LogP contribution is -2.41. The van der Waals surface area contributed by atoms with Gasteiger partial charge in [-0.1, -0.05) is 0 Å². The number of hydrogen-bond acceptors (Lipinski definition) is 4. The molecule has 2 N–H and O–H groups in total. The van der Waals surface area contributed by atoms with E-state index in [1.165, 1.54) is 0 Å². The molecule has 0 saturated carbocycles. The largest absolute Gasteiger partial charge is 0.353 e. The van der Waals surface area contributed by atoms with Crippen molar-refractivity contribution in [3.05, 3.63) is 0 Å². The van der Waals surface area contributed by atoms with Crippen LogP contribution in [0.1, 0.15) is 47.5 Å². The Hall–Kier alpha value is -0.650. The Morgan fingerprint density at radius 2 is 1.68 bits per heavy atom. The van der Waals surface area contributed by atoms with Crippen molar-refractivity contribution in [2.24, 2.45) is 0 Å². The first-order chi connectivity index (χ1) is 8.89. The van der Waals surface area contributed by atoms with E-state index in [0.29, 0.717) is 26.2 Å². The molecule has 1 amide bonds. The van der Waals surface area contributed by atoms with Crippen LogP contribution in [0.3, 0.4) is 0 Å². The third kappa shape index (κ3) is 12.1. The molecule has 0 radical (unpaired) electrons. The summed E-state index contributed by atoms with van der Waals surface area (Å²) < 4.78 is 10.9. The number of rotatable bonds is 10. The van der Waals surface area contributed by atoms with Crippen molar-refractivity contribution in [2.45, 2.75) is 59.3 Å². The van der Waals surface area contributed by atoms with Crippen LogP contribution in [0, 0.1) is 0 Å². The van der Waals surface area contributed by atoms with Crippen molar-refractivity contribution in [1.82, 2.24) is 10.6 Å². The summed E-state index contributed by atoms with van der Waals surface area (Å²) in [6.45, 7) is 12.6. The summed E-state index contributed by atoms with van der Waals surface area (Å²) in [6, 6.07) is 0. The molecule has 5 heteroatoms. The Balaban J connectivity index is 3.60. The zero-order valence-corrected chi connectivity index (χ0v) is 13.0. The van der Waals surface area contributed by atoms with Crippen LogP contribution in [0.4, 0.5) is 0 Å². The maximum atomic E-state index is 11.6. The fourth-order valence-electron chi connectivity index (χ4n) is 1.61. The Morgan fingerprint density at radius 1 is 1.11 bits per heavy atom. The van der Waals surface area contributed by atoms with E-state index < -0.39 is 0 Å². The van der Waals surface area contributed by atoms with Crippen molar-refractivity contribution in [2.75, 3.05) is 26.3 Å². The molecule has 0 aliphatic rings. The van der Waals surface area contributed by atoms with Crippen LogP contribution in [0.15, 0.2) is 0 Å². The van der Waals surface area contributed by atoms with E-state index in [4.69, 9.17) is 9.47 Å². The lowest BCUT2D eigenvalue weighted by atomic mass is 10.1. The van der Waals surface area contributed by atoms with Gasteiger partial charge >= 0.3 is 0 Å². The molecule has 0 rings (SSSR count). The molecule has 0 saturated heterocycles. The number of carbonyl (C=O) groups excluding carboxylic acids is 1. The predicted octanol–water partition coefficient (Wildman–Crippen LogP) is 1.67. The molecule has 0 unspecified atom stereocenters. The summed E-state index contributed by atoms with van der Waals surface area (Å²) in [6.07, 6.45) is 1.14. The van der Waals surface area contributed by atoms with Crippen LogP contribution < -0.4 is 10.6 Å². The van der Waals surface area contributed by atoms with E-state index >= 15 is 0 Å². The van der Waals surface area contributed by atoms with Gasteiger partial charge < -0.3 is 20.1 Å². The van der Waals surface area contributed by atoms with Gasteiger partial charge in [0.05, 0.1) is 0 Å². The van der Waals surface area contributed by atoms with E-state index in [0.717, 1.165) is 13.0 Å². The Kier molecular flexibility index (Phi) is 9.83. The van der Waals surface area contributed by atoms with Crippen LogP contribution in [0.25, 0.3) is 0 Å². The summed E-state index contributed by atoms with van der Waals surface area (Å²) in [5.74, 6) is 0.0752. The lowest BCUT2D eigenvalue weighted by Gasteiger charge is -2.20. The van der Waals surface area contributed by atoms with Gasteiger partial charge in [-0.05, 0) is 41.2 Å². The number of hydrogen-bond donors (Lipinski definition) is 2. The van der Waals surface area contributed by atoms with E-state index in [9.17, 15) is 4.79 Å². The monoisotopic (exact) mass is 274 g/mol. The number of amides is 1. The molecule has 0 aliphatic heterocycles. The zero-order chi connectivity index (χ0) is 14.7. The normalized spacial score (nSPS) is 11.9. The molecule has 0 heterocycles. The molecule has 0 spiro atoms. The first kappa shape index (κ1) is 18.4. The maximum absolute atomic E-state index is 11.6. The predicted molar refractivity (Wildman–Crippen MR) is 77.0 cm³/mol. The third-order valence-electron chi connectivity index (χ3n) is 2.31. The second kappa shape index (κ2) is 10.2. The molecule has 0 fully saturated rings. The Labute approximate surface area is 117 Å². The highest BCUT2D eigenvalue weighted by Gasteiger charge is 2.13. The SMILES string of the molecule is CCOC(CCNCCC(=O)NC(C)(C)C)OCC. The first-order valence-corrected chi connectivity index (χ1v) is 7.14. The average Bonchev–Trinajstić information content (AvgIpc) is 2.26. The highest BCUT2D eigenvalue weighted by molar-refractivity contribution is 5.76. The van der Waals surface area contributed by atoms with Crippen LogP contribution in [-0.2, 0) is 14.3 Å². The molecule has 19 heavy (non-hydrogen) atoms. The van der Waals surface area contributed by atoms with Gasteiger partial charge in [0.1, 0.15) is 0 Å². The highest BCUT2D eigenvalue weighted by atomic mass is 16.7. The lowest BCUT2D eigenvalue weighted by molar-refractivity contribution is -0.138. The minimum Gasteiger partial charge on any atom is -0.353 e. The van der Waals surface area contributed by atoms with Gasteiger partial charge in [0.25, 0.3) is 0 Å². The van der Waals surface area contributed by atoms with Gasteiger partial charge in [0.2, 0.25) is 5.91 Å². The second-order valence-corrected chi connectivity index (χ2v) is 5.43.